The smallest absolute Gasteiger partial charge is 0.250 e. The van der Waals surface area contributed by atoms with Crippen LogP contribution in [0.25, 0.3) is 6.08 Å². The van der Waals surface area contributed by atoms with E-state index in [1.165, 1.54) is 11.0 Å². The van der Waals surface area contributed by atoms with Crippen LogP contribution in [0, 0.1) is 0 Å². The van der Waals surface area contributed by atoms with Crippen molar-refractivity contribution in [3.8, 4) is 17.2 Å². The molecule has 126 valence electrons. The molecule has 5 nitrogen and oxygen atoms in total. The summed E-state index contributed by atoms with van der Waals surface area (Å²) in [7, 11) is 3.26. The highest BCUT2D eigenvalue weighted by atomic mass is 16.5. The van der Waals surface area contributed by atoms with E-state index in [1.807, 2.05) is 25.1 Å². The Morgan fingerprint density at radius 3 is 2.50 bits per heavy atom. The number of carbonyl (C=O) groups excluding carboxylic acids is 1. The third-order valence-corrected chi connectivity index (χ3v) is 3.47. The molecule has 0 spiro atoms. The monoisotopic (exact) mass is 327 g/mol. The lowest BCUT2D eigenvalue weighted by Gasteiger charge is -2.15. The molecule has 2 aromatic carbocycles. The van der Waals surface area contributed by atoms with E-state index < -0.39 is 0 Å². The first-order valence-corrected chi connectivity index (χ1v) is 7.60. The first kappa shape index (κ1) is 17.4. The Bertz CT molecular complexity index is 723. The quantitative estimate of drug-likeness (QED) is 0.825. The van der Waals surface area contributed by atoms with E-state index in [9.17, 15) is 9.90 Å². The predicted octanol–water partition coefficient (Wildman–Crippen LogP) is 3.48. The number of hydrogen-bond donors (Lipinski definition) is 1. The standard InChI is InChI=1S/C19H21NO4/c1-4-24-17-11-5-14(13-18(17)23-3)6-12-19(22)20(2)15-7-9-16(21)10-8-15/h5-13,21H,4H2,1-3H3/b12-6+. The number of rotatable bonds is 6. The second-order valence-corrected chi connectivity index (χ2v) is 5.09. The molecule has 1 amide bonds. The molecular formula is C19H21NO4. The molecule has 2 aromatic rings. The second-order valence-electron chi connectivity index (χ2n) is 5.09. The third-order valence-electron chi connectivity index (χ3n) is 3.47. The normalized spacial score (nSPS) is 10.6. The molecule has 0 heterocycles. The van der Waals surface area contributed by atoms with Gasteiger partial charge < -0.3 is 19.5 Å². The Morgan fingerprint density at radius 2 is 1.88 bits per heavy atom. The van der Waals surface area contributed by atoms with Crippen molar-refractivity contribution >= 4 is 17.7 Å². The van der Waals surface area contributed by atoms with Crippen molar-refractivity contribution in [2.45, 2.75) is 6.92 Å². The molecule has 0 unspecified atom stereocenters. The Balaban J connectivity index is 2.11. The minimum absolute atomic E-state index is 0.164. The Morgan fingerprint density at radius 1 is 1.17 bits per heavy atom. The third kappa shape index (κ3) is 4.29. The fraction of sp³-hybridized carbons (Fsp3) is 0.211. The summed E-state index contributed by atoms with van der Waals surface area (Å²) < 4.78 is 10.8. The Kier molecular flexibility index (Phi) is 5.84. The van der Waals surface area contributed by atoms with Gasteiger partial charge in [0, 0.05) is 18.8 Å². The number of ether oxygens (including phenoxy) is 2. The molecule has 0 fully saturated rings. The number of nitrogens with zero attached hydrogens (tertiary/aromatic N) is 1. The summed E-state index contributed by atoms with van der Waals surface area (Å²) in [5.41, 5.74) is 1.54. The molecule has 0 radical (unpaired) electrons. The Hall–Kier alpha value is -2.95. The maximum Gasteiger partial charge on any atom is 0.250 e. The van der Waals surface area contributed by atoms with Crippen molar-refractivity contribution < 1.29 is 19.4 Å². The Labute approximate surface area is 141 Å². The molecule has 0 bridgehead atoms. The molecule has 5 heteroatoms. The molecule has 0 aliphatic heterocycles. The number of methoxy groups -OCH3 is 1. The molecule has 0 saturated carbocycles. The second kappa shape index (κ2) is 8.06. The van der Waals surface area contributed by atoms with E-state index in [1.54, 1.807) is 44.5 Å². The number of phenolic OH excluding ortho intramolecular Hbond substituents is 1. The number of phenols is 1. The van der Waals surface area contributed by atoms with Gasteiger partial charge in [0.2, 0.25) is 0 Å². The van der Waals surface area contributed by atoms with Gasteiger partial charge in [0.1, 0.15) is 5.75 Å². The number of benzene rings is 2. The van der Waals surface area contributed by atoms with Crippen molar-refractivity contribution in [3.05, 3.63) is 54.1 Å². The van der Waals surface area contributed by atoms with Crippen LogP contribution in [0.4, 0.5) is 5.69 Å². The lowest BCUT2D eigenvalue weighted by molar-refractivity contribution is -0.113. The highest BCUT2D eigenvalue weighted by Gasteiger charge is 2.08. The van der Waals surface area contributed by atoms with Crippen molar-refractivity contribution in [2.75, 3.05) is 25.7 Å². The highest BCUT2D eigenvalue weighted by molar-refractivity contribution is 6.03. The SMILES string of the molecule is CCOc1ccc(/C=C/C(=O)N(C)c2ccc(O)cc2)cc1OC. The van der Waals surface area contributed by atoms with Crippen LogP contribution in [-0.2, 0) is 4.79 Å². The van der Waals surface area contributed by atoms with Crippen molar-refractivity contribution in [1.82, 2.24) is 0 Å². The van der Waals surface area contributed by atoms with E-state index in [2.05, 4.69) is 0 Å². The highest BCUT2D eigenvalue weighted by Crippen LogP contribution is 2.28. The fourth-order valence-electron chi connectivity index (χ4n) is 2.15. The zero-order valence-corrected chi connectivity index (χ0v) is 14.0. The zero-order chi connectivity index (χ0) is 17.5. The van der Waals surface area contributed by atoms with Gasteiger partial charge in [-0.3, -0.25) is 4.79 Å². The van der Waals surface area contributed by atoms with Crippen LogP contribution in [0.5, 0.6) is 17.2 Å². The number of hydrogen-bond acceptors (Lipinski definition) is 4. The van der Waals surface area contributed by atoms with Gasteiger partial charge in [-0.25, -0.2) is 0 Å². The first-order chi connectivity index (χ1) is 11.5. The minimum Gasteiger partial charge on any atom is -0.508 e. The van der Waals surface area contributed by atoms with Gasteiger partial charge in [-0.05, 0) is 55.0 Å². The van der Waals surface area contributed by atoms with Gasteiger partial charge in [0.15, 0.2) is 11.5 Å². The topological polar surface area (TPSA) is 59.0 Å². The van der Waals surface area contributed by atoms with Crippen LogP contribution in [0.15, 0.2) is 48.5 Å². The number of anilines is 1. The molecule has 0 saturated heterocycles. The average molecular weight is 327 g/mol. The van der Waals surface area contributed by atoms with Crippen LogP contribution in [0.3, 0.4) is 0 Å². The molecule has 0 atom stereocenters. The molecule has 0 aliphatic rings. The van der Waals surface area contributed by atoms with Crippen molar-refractivity contribution in [3.63, 3.8) is 0 Å². The number of aromatic hydroxyl groups is 1. The van der Waals surface area contributed by atoms with Crippen LogP contribution >= 0.6 is 0 Å². The summed E-state index contributed by atoms with van der Waals surface area (Å²) in [4.78, 5) is 13.7. The number of carbonyl (C=O) groups is 1. The van der Waals surface area contributed by atoms with E-state index in [0.717, 1.165) is 5.56 Å². The molecule has 0 aromatic heterocycles. The van der Waals surface area contributed by atoms with Crippen molar-refractivity contribution in [2.24, 2.45) is 0 Å². The average Bonchev–Trinajstić information content (AvgIpc) is 2.60. The molecule has 0 aliphatic carbocycles. The molecule has 24 heavy (non-hydrogen) atoms. The summed E-state index contributed by atoms with van der Waals surface area (Å²) in [5.74, 6) is 1.29. The summed E-state index contributed by atoms with van der Waals surface area (Å²) in [6.45, 7) is 2.46. The molecular weight excluding hydrogens is 306 g/mol. The maximum absolute atomic E-state index is 12.2. The van der Waals surface area contributed by atoms with E-state index >= 15 is 0 Å². The van der Waals surface area contributed by atoms with Gasteiger partial charge in [-0.2, -0.15) is 0 Å². The van der Waals surface area contributed by atoms with E-state index in [0.29, 0.717) is 23.8 Å². The lowest BCUT2D eigenvalue weighted by atomic mass is 10.2. The summed E-state index contributed by atoms with van der Waals surface area (Å²) >= 11 is 0. The minimum atomic E-state index is -0.173. The molecule has 2 rings (SSSR count). The fourth-order valence-corrected chi connectivity index (χ4v) is 2.15. The number of likely N-dealkylation sites (N-methyl/N-ethyl adjacent to an activating group) is 1. The van der Waals surface area contributed by atoms with Gasteiger partial charge in [-0.15, -0.1) is 0 Å². The summed E-state index contributed by atoms with van der Waals surface area (Å²) in [6, 6.07) is 11.9. The van der Waals surface area contributed by atoms with E-state index in [-0.39, 0.29) is 11.7 Å². The maximum atomic E-state index is 12.2. The van der Waals surface area contributed by atoms with Gasteiger partial charge in [0.05, 0.1) is 13.7 Å². The lowest BCUT2D eigenvalue weighted by Crippen LogP contribution is -2.23. The van der Waals surface area contributed by atoms with Gasteiger partial charge >= 0.3 is 0 Å². The van der Waals surface area contributed by atoms with Crippen LogP contribution in [0.2, 0.25) is 0 Å². The molecule has 1 N–H and O–H groups in total. The van der Waals surface area contributed by atoms with Crippen molar-refractivity contribution in [1.29, 1.82) is 0 Å². The van der Waals surface area contributed by atoms with Crippen LogP contribution in [0.1, 0.15) is 12.5 Å². The van der Waals surface area contributed by atoms with Crippen LogP contribution in [-0.4, -0.2) is 31.8 Å². The van der Waals surface area contributed by atoms with E-state index in [4.69, 9.17) is 9.47 Å². The first-order valence-electron chi connectivity index (χ1n) is 7.60. The van der Waals surface area contributed by atoms with Gasteiger partial charge in [0.25, 0.3) is 5.91 Å². The number of amides is 1. The summed E-state index contributed by atoms with van der Waals surface area (Å²) in [6.07, 6.45) is 3.21. The predicted molar refractivity (Wildman–Crippen MR) is 94.7 cm³/mol. The zero-order valence-electron chi connectivity index (χ0n) is 14.0. The summed E-state index contributed by atoms with van der Waals surface area (Å²) in [5, 5.41) is 9.30. The van der Waals surface area contributed by atoms with Crippen LogP contribution < -0.4 is 14.4 Å². The van der Waals surface area contributed by atoms with Gasteiger partial charge in [-0.1, -0.05) is 6.07 Å². The largest absolute Gasteiger partial charge is 0.508 e.